The van der Waals surface area contributed by atoms with E-state index in [0.29, 0.717) is 35.8 Å². The molecule has 1 aliphatic heterocycles. The van der Waals surface area contributed by atoms with Gasteiger partial charge in [-0.1, -0.05) is 25.4 Å². The molecule has 0 radical (unpaired) electrons. The van der Waals surface area contributed by atoms with Crippen LogP contribution in [0.25, 0.3) is 0 Å². The van der Waals surface area contributed by atoms with Gasteiger partial charge in [-0.05, 0) is 38.0 Å². The lowest BCUT2D eigenvalue weighted by Crippen LogP contribution is -2.59. The predicted molar refractivity (Wildman–Crippen MR) is 81.4 cm³/mol. The van der Waals surface area contributed by atoms with Gasteiger partial charge in [0.25, 0.3) is 5.91 Å². The number of hydrogen-bond acceptors (Lipinski definition) is 3. The van der Waals surface area contributed by atoms with Gasteiger partial charge in [0.2, 0.25) is 0 Å². The van der Waals surface area contributed by atoms with Crippen molar-refractivity contribution in [2.24, 2.45) is 5.73 Å². The molecule has 0 fully saturated rings. The summed E-state index contributed by atoms with van der Waals surface area (Å²) >= 11 is 6.05. The molecule has 1 atom stereocenters. The average molecular weight is 297 g/mol. The van der Waals surface area contributed by atoms with Crippen LogP contribution in [-0.2, 0) is 4.79 Å². The first-order valence-electron chi connectivity index (χ1n) is 7.01. The fraction of sp³-hybridized carbons (Fsp3) is 0.533. The SMILES string of the molecule is CCC1(CC)Oc2ccc(Cl)cc2N(C(C)CN)C1=O. The van der Waals surface area contributed by atoms with Crippen molar-refractivity contribution < 1.29 is 9.53 Å². The number of anilines is 1. The van der Waals surface area contributed by atoms with Crippen LogP contribution in [0.15, 0.2) is 18.2 Å². The van der Waals surface area contributed by atoms with Crippen molar-refractivity contribution in [1.82, 2.24) is 0 Å². The number of rotatable bonds is 4. The minimum absolute atomic E-state index is 0.0322. The Balaban J connectivity index is 2.59. The number of halogens is 1. The molecule has 0 aromatic heterocycles. The Kier molecular flexibility index (Phi) is 4.25. The highest BCUT2D eigenvalue weighted by molar-refractivity contribution is 6.31. The molecule has 20 heavy (non-hydrogen) atoms. The molecule has 2 rings (SSSR count). The highest BCUT2D eigenvalue weighted by Gasteiger charge is 2.47. The summed E-state index contributed by atoms with van der Waals surface area (Å²) in [5.74, 6) is 0.660. The molecule has 1 heterocycles. The van der Waals surface area contributed by atoms with Gasteiger partial charge in [0.05, 0.1) is 5.69 Å². The molecular weight excluding hydrogens is 276 g/mol. The first kappa shape index (κ1) is 15.1. The average Bonchev–Trinajstić information content (AvgIpc) is 2.46. The van der Waals surface area contributed by atoms with Crippen LogP contribution in [0, 0.1) is 0 Å². The Bertz CT molecular complexity index is 515. The lowest BCUT2D eigenvalue weighted by molar-refractivity contribution is -0.136. The lowest BCUT2D eigenvalue weighted by Gasteiger charge is -2.44. The number of ether oxygens (including phenoxy) is 1. The molecule has 0 saturated carbocycles. The van der Waals surface area contributed by atoms with Crippen LogP contribution in [-0.4, -0.2) is 24.1 Å². The number of nitrogens with zero attached hydrogens (tertiary/aromatic N) is 1. The number of nitrogens with two attached hydrogens (primary N) is 1. The van der Waals surface area contributed by atoms with Crippen molar-refractivity contribution in [3.8, 4) is 5.75 Å². The lowest BCUT2D eigenvalue weighted by atomic mass is 9.92. The second-order valence-electron chi connectivity index (χ2n) is 5.18. The summed E-state index contributed by atoms with van der Waals surface area (Å²) in [5, 5.41) is 0.579. The second kappa shape index (κ2) is 5.62. The number of amides is 1. The van der Waals surface area contributed by atoms with E-state index < -0.39 is 5.60 Å². The van der Waals surface area contributed by atoms with E-state index in [4.69, 9.17) is 22.1 Å². The van der Waals surface area contributed by atoms with Gasteiger partial charge in [-0.2, -0.15) is 0 Å². The summed E-state index contributed by atoms with van der Waals surface area (Å²) in [6.45, 7) is 6.26. The van der Waals surface area contributed by atoms with Gasteiger partial charge in [0.1, 0.15) is 5.75 Å². The summed E-state index contributed by atoms with van der Waals surface area (Å²) in [6, 6.07) is 5.26. The molecule has 1 aromatic rings. The normalized spacial score (nSPS) is 18.4. The first-order valence-corrected chi connectivity index (χ1v) is 7.39. The predicted octanol–water partition coefficient (Wildman–Crippen LogP) is 2.97. The van der Waals surface area contributed by atoms with Crippen molar-refractivity contribution in [1.29, 1.82) is 0 Å². The van der Waals surface area contributed by atoms with E-state index in [9.17, 15) is 4.79 Å². The quantitative estimate of drug-likeness (QED) is 0.929. The van der Waals surface area contributed by atoms with Gasteiger partial charge in [-0.3, -0.25) is 4.79 Å². The number of carbonyl (C=O) groups excluding carboxylic acids is 1. The minimum Gasteiger partial charge on any atom is -0.475 e. The van der Waals surface area contributed by atoms with E-state index in [0.717, 1.165) is 0 Å². The molecule has 110 valence electrons. The molecular formula is C15H21ClN2O2. The smallest absolute Gasteiger partial charge is 0.271 e. The number of hydrogen-bond donors (Lipinski definition) is 1. The molecule has 0 aliphatic carbocycles. The van der Waals surface area contributed by atoms with E-state index in [2.05, 4.69) is 0 Å². The fourth-order valence-electron chi connectivity index (χ4n) is 2.59. The third-order valence-electron chi connectivity index (χ3n) is 4.02. The van der Waals surface area contributed by atoms with Gasteiger partial charge in [-0.15, -0.1) is 0 Å². The van der Waals surface area contributed by atoms with E-state index in [1.165, 1.54) is 0 Å². The van der Waals surface area contributed by atoms with Gasteiger partial charge >= 0.3 is 0 Å². The topological polar surface area (TPSA) is 55.6 Å². The molecule has 0 bridgehead atoms. The van der Waals surface area contributed by atoms with Crippen molar-refractivity contribution in [2.45, 2.75) is 45.3 Å². The molecule has 0 saturated heterocycles. The largest absolute Gasteiger partial charge is 0.475 e. The van der Waals surface area contributed by atoms with Crippen molar-refractivity contribution >= 4 is 23.2 Å². The summed E-state index contributed by atoms with van der Waals surface area (Å²) in [7, 11) is 0. The maximum atomic E-state index is 12.9. The summed E-state index contributed by atoms with van der Waals surface area (Å²) in [4.78, 5) is 14.6. The first-order chi connectivity index (χ1) is 9.49. The van der Waals surface area contributed by atoms with Crippen LogP contribution < -0.4 is 15.4 Å². The zero-order valence-corrected chi connectivity index (χ0v) is 12.9. The molecule has 1 amide bonds. The molecule has 5 heteroatoms. The molecule has 4 nitrogen and oxygen atoms in total. The molecule has 0 spiro atoms. The van der Waals surface area contributed by atoms with Crippen molar-refractivity contribution in [3.63, 3.8) is 0 Å². The number of fused-ring (bicyclic) bond motifs is 1. The van der Waals surface area contributed by atoms with Gasteiger partial charge in [0, 0.05) is 17.6 Å². The van der Waals surface area contributed by atoms with Crippen molar-refractivity contribution in [3.05, 3.63) is 23.2 Å². The molecule has 1 aliphatic rings. The standard InChI is InChI=1S/C15H21ClN2O2/c1-4-15(5-2)14(19)18(10(3)9-17)12-8-11(16)6-7-13(12)20-15/h6-8,10H,4-5,9,17H2,1-3H3. The zero-order valence-electron chi connectivity index (χ0n) is 12.1. The molecule has 1 unspecified atom stereocenters. The van der Waals surface area contributed by atoms with E-state index in [1.54, 1.807) is 17.0 Å². The monoisotopic (exact) mass is 296 g/mol. The van der Waals surface area contributed by atoms with Crippen LogP contribution in [0.5, 0.6) is 5.75 Å². The highest BCUT2D eigenvalue weighted by atomic mass is 35.5. The van der Waals surface area contributed by atoms with E-state index in [-0.39, 0.29) is 11.9 Å². The Hall–Kier alpha value is -1.26. The van der Waals surface area contributed by atoms with Crippen LogP contribution in [0.4, 0.5) is 5.69 Å². The number of carbonyl (C=O) groups is 1. The van der Waals surface area contributed by atoms with Gasteiger partial charge < -0.3 is 15.4 Å². The third-order valence-corrected chi connectivity index (χ3v) is 4.25. The number of benzene rings is 1. The molecule has 1 aromatic carbocycles. The Morgan fingerprint density at radius 3 is 2.60 bits per heavy atom. The van der Waals surface area contributed by atoms with Crippen LogP contribution >= 0.6 is 11.6 Å². The van der Waals surface area contributed by atoms with Gasteiger partial charge in [-0.25, -0.2) is 0 Å². The van der Waals surface area contributed by atoms with Gasteiger partial charge in [0.15, 0.2) is 5.60 Å². The zero-order chi connectivity index (χ0) is 14.9. The maximum absolute atomic E-state index is 12.9. The fourth-order valence-corrected chi connectivity index (χ4v) is 2.75. The molecule has 2 N–H and O–H groups in total. The Labute approximate surface area is 124 Å². The summed E-state index contributed by atoms with van der Waals surface area (Å²) in [6.07, 6.45) is 1.25. The van der Waals surface area contributed by atoms with Crippen LogP contribution in [0.2, 0.25) is 5.02 Å². The van der Waals surface area contributed by atoms with E-state index >= 15 is 0 Å². The minimum atomic E-state index is -0.801. The van der Waals surface area contributed by atoms with Crippen molar-refractivity contribution in [2.75, 3.05) is 11.4 Å². The Morgan fingerprint density at radius 2 is 2.05 bits per heavy atom. The Morgan fingerprint density at radius 1 is 1.40 bits per heavy atom. The summed E-state index contributed by atoms with van der Waals surface area (Å²) in [5.41, 5.74) is 5.67. The highest BCUT2D eigenvalue weighted by Crippen LogP contribution is 2.42. The summed E-state index contributed by atoms with van der Waals surface area (Å²) < 4.78 is 6.02. The van der Waals surface area contributed by atoms with Crippen LogP contribution in [0.3, 0.4) is 0 Å². The third kappa shape index (κ3) is 2.27. The van der Waals surface area contributed by atoms with E-state index in [1.807, 2.05) is 26.8 Å². The maximum Gasteiger partial charge on any atom is 0.271 e. The van der Waals surface area contributed by atoms with Crippen LogP contribution in [0.1, 0.15) is 33.6 Å². The second-order valence-corrected chi connectivity index (χ2v) is 5.61.